The maximum absolute atomic E-state index is 13.7. The zero-order valence-electron chi connectivity index (χ0n) is 23.4. The standard InChI is InChI=1S/C31H40N4O4S/c1-21(2)18-25(20-36)35-29(38)27(40-30(35)23-9-4-3-5-10-23)19-28(37)33-15-13-24(14-16-33)34-17-12-22-8-6-7-11-26(22)32-31(34)39/h3-11,21,24-25,27,30,36H,12-20H2,1-2H3,(H,32,39). The van der Waals surface area contributed by atoms with E-state index in [0.29, 0.717) is 32.0 Å². The number of carbonyl (C=O) groups is 3. The fourth-order valence-corrected chi connectivity index (χ4v) is 7.71. The van der Waals surface area contributed by atoms with E-state index >= 15 is 0 Å². The van der Waals surface area contributed by atoms with Crippen molar-refractivity contribution in [2.75, 3.05) is 31.6 Å². The molecule has 40 heavy (non-hydrogen) atoms. The van der Waals surface area contributed by atoms with Crippen molar-refractivity contribution in [1.29, 1.82) is 0 Å². The predicted molar refractivity (Wildman–Crippen MR) is 158 cm³/mol. The third-order valence-electron chi connectivity index (χ3n) is 8.27. The molecule has 3 unspecified atom stereocenters. The van der Waals surface area contributed by atoms with Crippen molar-refractivity contribution >= 4 is 35.3 Å². The Morgan fingerprint density at radius 2 is 1.73 bits per heavy atom. The SMILES string of the molecule is CC(C)CC(CO)N1C(=O)C(CC(=O)N2CCC(N3CCc4ccccc4NC3=O)CC2)SC1c1ccccc1. The Labute approximate surface area is 241 Å². The first-order chi connectivity index (χ1) is 19.4. The van der Waals surface area contributed by atoms with Gasteiger partial charge in [-0.2, -0.15) is 0 Å². The van der Waals surface area contributed by atoms with Crippen molar-refractivity contribution < 1.29 is 19.5 Å². The van der Waals surface area contributed by atoms with Crippen LogP contribution in [0.4, 0.5) is 10.5 Å². The van der Waals surface area contributed by atoms with Crippen molar-refractivity contribution in [3.05, 3.63) is 65.7 Å². The first-order valence-corrected chi connectivity index (χ1v) is 15.4. The summed E-state index contributed by atoms with van der Waals surface area (Å²) in [7, 11) is 0. The van der Waals surface area contributed by atoms with Gasteiger partial charge in [0.15, 0.2) is 0 Å². The molecule has 4 amide bonds. The van der Waals surface area contributed by atoms with Crippen LogP contribution in [0.15, 0.2) is 54.6 Å². The number of para-hydroxylation sites is 1. The number of benzene rings is 2. The molecule has 0 spiro atoms. The number of hydrogen-bond acceptors (Lipinski definition) is 5. The van der Waals surface area contributed by atoms with Crippen molar-refractivity contribution in [3.8, 4) is 0 Å². The molecule has 0 bridgehead atoms. The molecule has 0 radical (unpaired) electrons. The summed E-state index contributed by atoms with van der Waals surface area (Å²) >= 11 is 1.52. The Morgan fingerprint density at radius 1 is 1.02 bits per heavy atom. The lowest BCUT2D eigenvalue weighted by molar-refractivity contribution is -0.138. The molecule has 3 aliphatic rings. The van der Waals surface area contributed by atoms with Crippen LogP contribution in [0, 0.1) is 5.92 Å². The normalized spacial score (nSPS) is 22.8. The van der Waals surface area contributed by atoms with Crippen LogP contribution in [-0.4, -0.2) is 81.2 Å². The Bertz CT molecular complexity index is 1200. The van der Waals surface area contributed by atoms with Crippen molar-refractivity contribution in [2.24, 2.45) is 5.92 Å². The maximum Gasteiger partial charge on any atom is 0.322 e. The number of nitrogens with zero attached hydrogens (tertiary/aromatic N) is 3. The van der Waals surface area contributed by atoms with Gasteiger partial charge in [0.2, 0.25) is 11.8 Å². The predicted octanol–water partition coefficient (Wildman–Crippen LogP) is 4.51. The van der Waals surface area contributed by atoms with E-state index < -0.39 is 5.25 Å². The zero-order valence-corrected chi connectivity index (χ0v) is 24.2. The molecule has 0 aliphatic carbocycles. The number of aliphatic hydroxyl groups excluding tert-OH is 1. The van der Waals surface area contributed by atoms with Gasteiger partial charge in [-0.25, -0.2) is 4.79 Å². The molecule has 0 aromatic heterocycles. The molecule has 9 heteroatoms. The lowest BCUT2D eigenvalue weighted by atomic mass is 10.0. The highest BCUT2D eigenvalue weighted by Crippen LogP contribution is 2.46. The highest BCUT2D eigenvalue weighted by atomic mass is 32.2. The molecular formula is C31H40N4O4S. The Kier molecular flexibility index (Phi) is 9.00. The van der Waals surface area contributed by atoms with Crippen molar-refractivity contribution in [3.63, 3.8) is 0 Å². The van der Waals surface area contributed by atoms with Crippen LogP contribution in [0.3, 0.4) is 0 Å². The topological polar surface area (TPSA) is 93.2 Å². The van der Waals surface area contributed by atoms with Crippen molar-refractivity contribution in [1.82, 2.24) is 14.7 Å². The summed E-state index contributed by atoms with van der Waals surface area (Å²) in [4.78, 5) is 45.6. The second-order valence-corrected chi connectivity index (χ2v) is 12.7. The summed E-state index contributed by atoms with van der Waals surface area (Å²) < 4.78 is 0. The van der Waals surface area contributed by atoms with Gasteiger partial charge in [0.05, 0.1) is 17.9 Å². The minimum absolute atomic E-state index is 0.0184. The highest BCUT2D eigenvalue weighted by molar-refractivity contribution is 8.01. The summed E-state index contributed by atoms with van der Waals surface area (Å²) in [5.74, 6) is 0.242. The number of anilines is 1. The highest BCUT2D eigenvalue weighted by Gasteiger charge is 2.45. The lowest BCUT2D eigenvalue weighted by Gasteiger charge is -2.38. The summed E-state index contributed by atoms with van der Waals surface area (Å²) in [5.41, 5.74) is 3.03. The molecule has 2 aromatic carbocycles. The molecule has 2 saturated heterocycles. The molecule has 3 atom stereocenters. The maximum atomic E-state index is 13.7. The fourth-order valence-electron chi connectivity index (χ4n) is 6.20. The van der Waals surface area contributed by atoms with Gasteiger partial charge in [-0.15, -0.1) is 11.8 Å². The van der Waals surface area contributed by atoms with Gasteiger partial charge in [-0.05, 0) is 48.8 Å². The summed E-state index contributed by atoms with van der Waals surface area (Å²) in [5, 5.41) is 12.5. The first kappa shape index (κ1) is 28.5. The second kappa shape index (κ2) is 12.6. The van der Waals surface area contributed by atoms with Crippen LogP contribution in [-0.2, 0) is 16.0 Å². The Hall–Kier alpha value is -3.04. The van der Waals surface area contributed by atoms with Gasteiger partial charge in [0, 0.05) is 37.8 Å². The number of piperidine rings is 1. The number of amides is 4. The molecule has 3 aliphatic heterocycles. The van der Waals surface area contributed by atoms with E-state index in [-0.39, 0.29) is 48.3 Å². The van der Waals surface area contributed by atoms with Crippen molar-refractivity contribution in [2.45, 2.75) is 68.7 Å². The van der Waals surface area contributed by atoms with Crippen LogP contribution in [0.1, 0.15) is 56.0 Å². The van der Waals surface area contributed by atoms with Gasteiger partial charge >= 0.3 is 6.03 Å². The molecular weight excluding hydrogens is 524 g/mol. The summed E-state index contributed by atoms with van der Waals surface area (Å²) in [6.07, 6.45) is 3.10. The molecule has 214 valence electrons. The fraction of sp³-hybridized carbons (Fsp3) is 0.516. The van der Waals surface area contributed by atoms with Gasteiger partial charge in [-0.1, -0.05) is 62.4 Å². The van der Waals surface area contributed by atoms with E-state index in [9.17, 15) is 19.5 Å². The number of nitrogens with one attached hydrogen (secondary N) is 1. The molecule has 0 saturated carbocycles. The third-order valence-corrected chi connectivity index (χ3v) is 9.72. The molecule has 5 rings (SSSR count). The van der Waals surface area contributed by atoms with Gasteiger partial charge in [0.25, 0.3) is 0 Å². The van der Waals surface area contributed by atoms with E-state index in [0.717, 1.165) is 36.1 Å². The first-order valence-electron chi connectivity index (χ1n) is 14.4. The number of urea groups is 1. The number of hydrogen-bond donors (Lipinski definition) is 2. The number of rotatable bonds is 8. The van der Waals surface area contributed by atoms with Crippen LogP contribution in [0.25, 0.3) is 0 Å². The van der Waals surface area contributed by atoms with Gasteiger partial charge in [0.1, 0.15) is 5.37 Å². The van der Waals surface area contributed by atoms with E-state index in [1.54, 1.807) is 0 Å². The number of fused-ring (bicyclic) bond motifs is 1. The Balaban J connectivity index is 1.21. The van der Waals surface area contributed by atoms with Crippen LogP contribution in [0.2, 0.25) is 0 Å². The quantitative estimate of drug-likeness (QED) is 0.492. The monoisotopic (exact) mass is 564 g/mol. The van der Waals surface area contributed by atoms with Gasteiger partial charge < -0.3 is 25.1 Å². The lowest BCUT2D eigenvalue weighted by Crippen LogP contribution is -2.50. The molecule has 2 N–H and O–H groups in total. The smallest absolute Gasteiger partial charge is 0.322 e. The molecule has 3 heterocycles. The number of likely N-dealkylation sites (tertiary alicyclic amines) is 1. The second-order valence-electron chi connectivity index (χ2n) is 11.4. The molecule has 8 nitrogen and oxygen atoms in total. The number of thioether (sulfide) groups is 1. The zero-order chi connectivity index (χ0) is 28.2. The average Bonchev–Trinajstić information content (AvgIpc) is 3.17. The van der Waals surface area contributed by atoms with Crippen LogP contribution >= 0.6 is 11.8 Å². The Morgan fingerprint density at radius 3 is 2.42 bits per heavy atom. The summed E-state index contributed by atoms with van der Waals surface area (Å²) in [6, 6.07) is 17.5. The largest absolute Gasteiger partial charge is 0.394 e. The van der Waals surface area contributed by atoms with Crippen LogP contribution in [0.5, 0.6) is 0 Å². The third kappa shape index (κ3) is 6.15. The molecule has 2 aromatic rings. The van der Waals surface area contributed by atoms with E-state index in [2.05, 4.69) is 25.2 Å². The van der Waals surface area contributed by atoms with Crippen LogP contribution < -0.4 is 5.32 Å². The minimum atomic E-state index is -0.480. The van der Waals surface area contributed by atoms with Gasteiger partial charge in [-0.3, -0.25) is 9.59 Å². The molecule has 2 fully saturated rings. The number of aliphatic hydroxyl groups is 1. The van der Waals surface area contributed by atoms with E-state index in [4.69, 9.17) is 0 Å². The van der Waals surface area contributed by atoms with E-state index in [1.807, 2.05) is 63.2 Å². The minimum Gasteiger partial charge on any atom is -0.394 e. The average molecular weight is 565 g/mol. The number of carbonyl (C=O) groups excluding carboxylic acids is 3. The van der Waals surface area contributed by atoms with E-state index in [1.165, 1.54) is 11.8 Å². The summed E-state index contributed by atoms with van der Waals surface area (Å²) in [6.45, 7) is 5.89.